The lowest BCUT2D eigenvalue weighted by Gasteiger charge is -2.31. The Morgan fingerprint density at radius 1 is 0.875 bits per heavy atom. The maximum absolute atomic E-state index is 12.7. The van der Waals surface area contributed by atoms with Crippen molar-refractivity contribution in [2.24, 2.45) is 0 Å². The molecule has 0 bridgehead atoms. The summed E-state index contributed by atoms with van der Waals surface area (Å²) < 4.78 is 5.43. The van der Waals surface area contributed by atoms with Gasteiger partial charge in [0.05, 0.1) is 32.2 Å². The van der Waals surface area contributed by atoms with Gasteiger partial charge in [-0.2, -0.15) is 0 Å². The molecule has 3 aromatic carbocycles. The quantitative estimate of drug-likeness (QED) is 0.575. The zero-order chi connectivity index (χ0) is 22.2. The van der Waals surface area contributed by atoms with Crippen LogP contribution in [0.3, 0.4) is 0 Å². The van der Waals surface area contributed by atoms with Crippen molar-refractivity contribution >= 4 is 22.6 Å². The minimum atomic E-state index is -0.196. The lowest BCUT2D eigenvalue weighted by molar-refractivity contribution is -0.126. The summed E-state index contributed by atoms with van der Waals surface area (Å²) in [5.74, 6) is -0.362. The summed E-state index contributed by atoms with van der Waals surface area (Å²) in [4.78, 5) is 27.5. The number of carbonyl (C=O) groups is 2. The molecule has 0 saturated carbocycles. The number of fused-ring (bicyclic) bond motifs is 1. The summed E-state index contributed by atoms with van der Waals surface area (Å²) in [7, 11) is 0. The highest BCUT2D eigenvalue weighted by atomic mass is 16.5. The van der Waals surface area contributed by atoms with E-state index >= 15 is 0 Å². The second kappa shape index (κ2) is 10.9. The predicted molar refractivity (Wildman–Crippen MR) is 125 cm³/mol. The minimum absolute atomic E-state index is 0.0456. The maximum atomic E-state index is 12.7. The Balaban J connectivity index is 1.33. The Hall–Kier alpha value is -3.22. The zero-order valence-electron chi connectivity index (χ0n) is 18.1. The van der Waals surface area contributed by atoms with Crippen LogP contribution in [0.4, 0.5) is 0 Å². The topological polar surface area (TPSA) is 70.7 Å². The van der Waals surface area contributed by atoms with Gasteiger partial charge in [0.25, 0.3) is 0 Å². The molecule has 3 aromatic rings. The van der Waals surface area contributed by atoms with Crippen molar-refractivity contribution < 1.29 is 14.3 Å². The number of rotatable bonds is 8. The molecule has 0 spiro atoms. The van der Waals surface area contributed by atoms with Crippen molar-refractivity contribution in [2.45, 2.75) is 12.5 Å². The lowest BCUT2D eigenvalue weighted by atomic mass is 10.0. The molecule has 6 nitrogen and oxygen atoms in total. The molecule has 166 valence electrons. The molecule has 1 saturated heterocycles. The molecule has 1 fully saturated rings. The van der Waals surface area contributed by atoms with Crippen LogP contribution >= 0.6 is 0 Å². The maximum Gasteiger partial charge on any atom is 0.239 e. The van der Waals surface area contributed by atoms with E-state index in [-0.39, 0.29) is 30.8 Å². The van der Waals surface area contributed by atoms with Crippen LogP contribution in [0.15, 0.2) is 72.8 Å². The molecule has 6 heteroatoms. The summed E-state index contributed by atoms with van der Waals surface area (Å²) in [6.45, 7) is 3.78. The largest absolute Gasteiger partial charge is 0.379 e. The molecule has 32 heavy (non-hydrogen) atoms. The molecule has 2 N–H and O–H groups in total. The molecule has 1 atom stereocenters. The number of ether oxygens (including phenoxy) is 1. The third kappa shape index (κ3) is 5.93. The van der Waals surface area contributed by atoms with Crippen molar-refractivity contribution in [3.63, 3.8) is 0 Å². The van der Waals surface area contributed by atoms with Crippen LogP contribution in [0.5, 0.6) is 0 Å². The van der Waals surface area contributed by atoms with Gasteiger partial charge in [-0.3, -0.25) is 14.5 Å². The highest BCUT2D eigenvalue weighted by Crippen LogP contribution is 2.19. The fourth-order valence-corrected chi connectivity index (χ4v) is 4.07. The Kier molecular flexibility index (Phi) is 7.48. The first kappa shape index (κ1) is 22.0. The Bertz CT molecular complexity index is 1040. The molecule has 0 aromatic heterocycles. The lowest BCUT2D eigenvalue weighted by Crippen LogP contribution is -2.45. The summed E-state index contributed by atoms with van der Waals surface area (Å²) >= 11 is 0. The van der Waals surface area contributed by atoms with E-state index in [9.17, 15) is 9.59 Å². The molecule has 0 radical (unpaired) electrons. The molecule has 1 unspecified atom stereocenters. The van der Waals surface area contributed by atoms with E-state index < -0.39 is 0 Å². The highest BCUT2D eigenvalue weighted by Gasteiger charge is 2.20. The van der Waals surface area contributed by atoms with E-state index in [0.29, 0.717) is 19.8 Å². The van der Waals surface area contributed by atoms with Gasteiger partial charge < -0.3 is 15.4 Å². The van der Waals surface area contributed by atoms with Gasteiger partial charge in [-0.15, -0.1) is 0 Å². The first-order chi connectivity index (χ1) is 15.7. The van der Waals surface area contributed by atoms with Crippen molar-refractivity contribution in [1.82, 2.24) is 15.5 Å². The van der Waals surface area contributed by atoms with Gasteiger partial charge in [-0.05, 0) is 21.9 Å². The average molecular weight is 432 g/mol. The molecule has 1 aliphatic heterocycles. The minimum Gasteiger partial charge on any atom is -0.379 e. The third-order valence-electron chi connectivity index (χ3n) is 5.76. The molecule has 2 amide bonds. The smallest absolute Gasteiger partial charge is 0.239 e. The molecular weight excluding hydrogens is 402 g/mol. The second-order valence-corrected chi connectivity index (χ2v) is 8.04. The van der Waals surface area contributed by atoms with E-state index in [0.717, 1.165) is 35.0 Å². The van der Waals surface area contributed by atoms with Crippen LogP contribution in [-0.2, 0) is 20.7 Å². The van der Waals surface area contributed by atoms with Crippen molar-refractivity contribution in [1.29, 1.82) is 0 Å². The van der Waals surface area contributed by atoms with Crippen LogP contribution in [0.1, 0.15) is 17.2 Å². The van der Waals surface area contributed by atoms with E-state index in [1.165, 1.54) is 0 Å². The van der Waals surface area contributed by atoms with Gasteiger partial charge in [0.2, 0.25) is 11.8 Å². The fraction of sp³-hybridized carbons (Fsp3) is 0.308. The summed E-state index contributed by atoms with van der Waals surface area (Å²) in [6.07, 6.45) is 0.241. The van der Waals surface area contributed by atoms with Crippen LogP contribution in [-0.4, -0.2) is 56.1 Å². The van der Waals surface area contributed by atoms with Crippen LogP contribution in [0.25, 0.3) is 10.8 Å². The van der Waals surface area contributed by atoms with Crippen molar-refractivity contribution in [2.75, 3.05) is 39.4 Å². The second-order valence-electron chi connectivity index (χ2n) is 8.04. The van der Waals surface area contributed by atoms with Crippen LogP contribution in [0.2, 0.25) is 0 Å². The van der Waals surface area contributed by atoms with Crippen LogP contribution in [0, 0.1) is 0 Å². The molecular formula is C26H29N3O3. The fourth-order valence-electron chi connectivity index (χ4n) is 4.07. The number of hydrogen-bond acceptors (Lipinski definition) is 4. The molecule has 4 rings (SSSR count). The summed E-state index contributed by atoms with van der Waals surface area (Å²) in [5, 5.41) is 8.03. The SMILES string of the molecule is O=C(Cc1cccc2ccccc12)NCC(=O)NC(CN1CCOCC1)c1ccccc1. The van der Waals surface area contributed by atoms with Gasteiger partial charge >= 0.3 is 0 Å². The molecule has 0 aliphatic carbocycles. The van der Waals surface area contributed by atoms with E-state index in [2.05, 4.69) is 15.5 Å². The van der Waals surface area contributed by atoms with Gasteiger partial charge in [0.1, 0.15) is 0 Å². The first-order valence-corrected chi connectivity index (χ1v) is 11.1. The van der Waals surface area contributed by atoms with Gasteiger partial charge in [0.15, 0.2) is 0 Å². The van der Waals surface area contributed by atoms with E-state index in [1.54, 1.807) is 0 Å². The summed E-state index contributed by atoms with van der Waals surface area (Å²) in [5.41, 5.74) is 2.00. The number of amides is 2. The zero-order valence-corrected chi connectivity index (χ0v) is 18.1. The van der Waals surface area contributed by atoms with Gasteiger partial charge in [-0.25, -0.2) is 0 Å². The number of nitrogens with one attached hydrogen (secondary N) is 2. The Morgan fingerprint density at radius 3 is 2.41 bits per heavy atom. The van der Waals surface area contributed by atoms with E-state index in [1.807, 2.05) is 72.8 Å². The highest BCUT2D eigenvalue weighted by molar-refractivity contribution is 5.91. The standard InChI is InChI=1S/C26H29N3O3/c30-25(17-22-11-6-10-20-7-4-5-12-23(20)22)27-18-26(31)28-24(21-8-2-1-3-9-21)19-29-13-15-32-16-14-29/h1-12,24H,13-19H2,(H,27,30)(H,28,31). The van der Waals surface area contributed by atoms with E-state index in [4.69, 9.17) is 4.74 Å². The number of hydrogen-bond donors (Lipinski definition) is 2. The van der Waals surface area contributed by atoms with Gasteiger partial charge in [0, 0.05) is 19.6 Å². The van der Waals surface area contributed by atoms with Crippen molar-refractivity contribution in [3.05, 3.63) is 83.9 Å². The average Bonchev–Trinajstić information content (AvgIpc) is 2.84. The number of nitrogens with zero attached hydrogens (tertiary/aromatic N) is 1. The Morgan fingerprint density at radius 2 is 1.59 bits per heavy atom. The number of benzene rings is 3. The first-order valence-electron chi connectivity index (χ1n) is 11.1. The van der Waals surface area contributed by atoms with Crippen molar-refractivity contribution in [3.8, 4) is 0 Å². The molecule has 1 aliphatic rings. The number of carbonyl (C=O) groups excluding carboxylic acids is 2. The van der Waals surface area contributed by atoms with Gasteiger partial charge in [-0.1, -0.05) is 72.8 Å². The molecule has 1 heterocycles. The van der Waals surface area contributed by atoms with Crippen LogP contribution < -0.4 is 10.6 Å². The summed E-state index contributed by atoms with van der Waals surface area (Å²) in [6, 6.07) is 23.7. The Labute approximate surface area is 188 Å². The predicted octanol–water partition coefficient (Wildman–Crippen LogP) is 2.69. The third-order valence-corrected chi connectivity index (χ3v) is 5.76. The number of morpholine rings is 1. The normalized spacial score (nSPS) is 15.2. The monoisotopic (exact) mass is 431 g/mol.